The Morgan fingerprint density at radius 3 is 2.24 bits per heavy atom. The van der Waals surface area contributed by atoms with E-state index in [0.29, 0.717) is 33.7 Å². The predicted octanol–water partition coefficient (Wildman–Crippen LogP) is 12.6. The van der Waals surface area contributed by atoms with E-state index in [2.05, 4.69) is 22.1 Å². The van der Waals surface area contributed by atoms with E-state index in [9.17, 15) is 5.26 Å². The maximum Gasteiger partial charge on any atom is 0.128 e. The quantitative estimate of drug-likeness (QED) is 0.165. The molecule has 0 unspecified atom stereocenters. The summed E-state index contributed by atoms with van der Waals surface area (Å²) in [5.74, 6) is 0. The van der Waals surface area contributed by atoms with Crippen molar-refractivity contribution < 1.29 is 41.0 Å². The first-order chi connectivity index (χ1) is 30.7. The molecule has 0 N–H and O–H groups in total. The maximum absolute atomic E-state index is 9.34. The molecule has 0 saturated carbocycles. The number of hydrogen-bond donors (Lipinski definition) is 0. The number of benzene rings is 6. The van der Waals surface area contributed by atoms with Crippen LogP contribution in [0.4, 0.5) is 0 Å². The molecule has 9 rings (SSSR count). The molecule has 0 saturated heterocycles. The summed E-state index contributed by atoms with van der Waals surface area (Å²) in [5.41, 5.74) is 5.41. The fraction of sp³-hybridized carbons (Fsp3) is 0.0816. The van der Waals surface area contributed by atoms with E-state index in [4.69, 9.17) is 20.9 Å². The molecule has 54 heavy (non-hydrogen) atoms. The number of fused-ring (bicyclic) bond motifs is 5. The second-order valence-corrected chi connectivity index (χ2v) is 12.3. The van der Waals surface area contributed by atoms with Crippen LogP contribution in [-0.2, 0) is 20.1 Å². The molecule has 1 radical (unpaired) electrons. The van der Waals surface area contributed by atoms with Crippen molar-refractivity contribution in [1.82, 2.24) is 9.97 Å². The van der Waals surface area contributed by atoms with Crippen LogP contribution in [0.3, 0.4) is 0 Å². The molecule has 0 amide bonds. The summed E-state index contributed by atoms with van der Waals surface area (Å²) in [4.78, 5) is 8.68. The van der Waals surface area contributed by atoms with Crippen LogP contribution in [0.1, 0.15) is 44.3 Å². The molecule has 263 valence electrons. The molecule has 0 fully saturated rings. The smallest absolute Gasteiger partial charge is 0.128 e. The number of rotatable bonds is 4. The normalized spacial score (nSPS) is 15.0. The second-order valence-electron chi connectivity index (χ2n) is 12.3. The first kappa shape index (κ1) is 24.2. The summed E-state index contributed by atoms with van der Waals surface area (Å²) in [6.45, 7) is -9.62. The molecular formula is C49H35IrN3O-2. The summed E-state index contributed by atoms with van der Waals surface area (Å²) >= 11 is 0. The van der Waals surface area contributed by atoms with E-state index in [0.717, 1.165) is 32.7 Å². The van der Waals surface area contributed by atoms with Crippen LogP contribution in [0.2, 0.25) is 0 Å². The summed E-state index contributed by atoms with van der Waals surface area (Å²) in [6.07, 6.45) is 2.57. The minimum absolute atomic E-state index is 0. The minimum Gasteiger partial charge on any atom is -0.500 e. The van der Waals surface area contributed by atoms with Gasteiger partial charge in [-0.15, -0.1) is 47.5 Å². The zero-order valence-corrected chi connectivity index (χ0v) is 30.8. The molecule has 3 heterocycles. The first-order valence-electron chi connectivity index (χ1n) is 22.6. The van der Waals surface area contributed by atoms with Gasteiger partial charge in [-0.25, -0.2) is 0 Å². The van der Waals surface area contributed by atoms with Crippen LogP contribution in [0.15, 0.2) is 144 Å². The van der Waals surface area contributed by atoms with Gasteiger partial charge >= 0.3 is 0 Å². The molecule has 0 bridgehead atoms. The topological polar surface area (TPSA) is 62.7 Å². The summed E-state index contributed by atoms with van der Waals surface area (Å²) in [6, 6.07) is 45.1. The molecule has 0 aliphatic rings. The Balaban J connectivity index is 0.000000210. The third-order valence-corrected chi connectivity index (χ3v) is 9.00. The number of aryl methyl sites for hydroxylation is 4. The van der Waals surface area contributed by atoms with Crippen molar-refractivity contribution in [2.75, 3.05) is 0 Å². The molecule has 5 heteroatoms. The molecule has 0 spiro atoms. The van der Waals surface area contributed by atoms with Gasteiger partial charge in [0, 0.05) is 59.7 Å². The summed E-state index contributed by atoms with van der Waals surface area (Å²) in [5, 5.41) is 13.1. The van der Waals surface area contributed by atoms with Gasteiger partial charge in [0.1, 0.15) is 5.58 Å². The average molecular weight is 886 g/mol. The van der Waals surface area contributed by atoms with E-state index in [-0.39, 0.29) is 59.0 Å². The Kier molecular flexibility index (Phi) is 6.91. The Labute approximate surface area is 346 Å². The Morgan fingerprint density at radius 2 is 1.44 bits per heavy atom. The van der Waals surface area contributed by atoms with Crippen molar-refractivity contribution in [2.45, 2.75) is 27.4 Å². The number of nitrogens with zero attached hydrogens (tertiary/aromatic N) is 3. The van der Waals surface area contributed by atoms with Crippen molar-refractivity contribution >= 4 is 32.7 Å². The number of hydrogen-bond acceptors (Lipinski definition) is 4. The van der Waals surface area contributed by atoms with E-state index >= 15 is 0 Å². The van der Waals surface area contributed by atoms with E-state index in [1.165, 1.54) is 42.7 Å². The first-order valence-corrected chi connectivity index (χ1v) is 16.6. The van der Waals surface area contributed by atoms with Crippen LogP contribution < -0.4 is 0 Å². The molecule has 0 atom stereocenters. The summed E-state index contributed by atoms with van der Waals surface area (Å²) < 4.78 is 100. The zero-order chi connectivity index (χ0) is 46.5. The fourth-order valence-corrected chi connectivity index (χ4v) is 6.37. The van der Waals surface area contributed by atoms with Gasteiger partial charge in [0.25, 0.3) is 0 Å². The molecule has 3 aromatic heterocycles. The molecule has 0 aliphatic heterocycles. The van der Waals surface area contributed by atoms with Crippen LogP contribution in [0.25, 0.3) is 77.5 Å². The standard InChI is InChI=1S/C30H19N2O.C19H16N.Ir/c1-18-14-20(16-31)10-12-22(18)27-15-28(32-17-19(27)2)26-9-5-8-24-25-13-11-21-6-3-4-7-23(21)29(25)33-30(24)26;1-14-8-11-19(20-13-14)17-10-9-15(2)18(12-17)16-6-4-3-5-7-16;/h3-8,10-15,17H,1-2H3;3-9,11-13H,1-2H3;/q2*-1;/i2*1D3,2D3;. The van der Waals surface area contributed by atoms with Crippen LogP contribution in [-0.4, -0.2) is 9.97 Å². The molecular weight excluding hydrogens is 839 g/mol. The Morgan fingerprint density at radius 1 is 0.630 bits per heavy atom. The van der Waals surface area contributed by atoms with Gasteiger partial charge in [-0.2, -0.15) is 5.26 Å². The van der Waals surface area contributed by atoms with Gasteiger partial charge in [-0.05, 0) is 82.8 Å². The van der Waals surface area contributed by atoms with Crippen LogP contribution in [0.5, 0.6) is 0 Å². The van der Waals surface area contributed by atoms with Gasteiger partial charge in [-0.3, -0.25) is 0 Å². The van der Waals surface area contributed by atoms with Crippen LogP contribution >= 0.6 is 0 Å². The van der Waals surface area contributed by atoms with Crippen LogP contribution in [0, 0.1) is 50.9 Å². The van der Waals surface area contributed by atoms with Gasteiger partial charge < -0.3 is 14.4 Å². The molecule has 9 aromatic rings. The average Bonchev–Trinajstić information content (AvgIpc) is 3.67. The fourth-order valence-electron chi connectivity index (χ4n) is 6.37. The monoisotopic (exact) mass is 886 g/mol. The molecule has 4 nitrogen and oxygen atoms in total. The van der Waals surface area contributed by atoms with Crippen molar-refractivity contribution in [3.05, 3.63) is 180 Å². The van der Waals surface area contributed by atoms with Crippen molar-refractivity contribution in [1.29, 1.82) is 5.26 Å². The number of furan rings is 1. The van der Waals surface area contributed by atoms with Crippen molar-refractivity contribution in [3.63, 3.8) is 0 Å². The van der Waals surface area contributed by atoms with Gasteiger partial charge in [0.2, 0.25) is 0 Å². The maximum atomic E-state index is 9.34. The minimum atomic E-state index is -2.58. The van der Waals surface area contributed by atoms with Gasteiger partial charge in [0.05, 0.1) is 17.2 Å². The third kappa shape index (κ3) is 6.98. The van der Waals surface area contributed by atoms with E-state index < -0.39 is 27.4 Å². The number of nitriles is 1. The van der Waals surface area contributed by atoms with E-state index in [1.807, 2.05) is 78.9 Å². The third-order valence-electron chi connectivity index (χ3n) is 9.00. The largest absolute Gasteiger partial charge is 0.500 e. The second kappa shape index (κ2) is 15.4. The molecule has 6 aromatic carbocycles. The van der Waals surface area contributed by atoms with Gasteiger partial charge in [0.15, 0.2) is 0 Å². The predicted molar refractivity (Wildman–Crippen MR) is 216 cm³/mol. The van der Waals surface area contributed by atoms with Crippen molar-refractivity contribution in [2.24, 2.45) is 0 Å². The van der Waals surface area contributed by atoms with Gasteiger partial charge in [-0.1, -0.05) is 114 Å². The summed E-state index contributed by atoms with van der Waals surface area (Å²) in [7, 11) is 0. The zero-order valence-electron chi connectivity index (χ0n) is 40.4. The Hall–Kier alpha value is -6.18. The molecule has 0 aliphatic carbocycles. The van der Waals surface area contributed by atoms with Crippen molar-refractivity contribution in [3.8, 4) is 50.8 Å². The van der Waals surface area contributed by atoms with E-state index in [1.54, 1.807) is 24.3 Å². The SMILES string of the molecule is [2H]C([2H])([2H])c1ccc(-c2[c-]cc(C([2H])([2H])[2H])c(-c3ccccc3)c2)nc1.[2H]C([2H])([2H])c1cnc(-c2[c-]ccc3c2oc2c4ccccc4ccc32)cc1-c1ccc(C#N)cc1C([2H])([2H])[2H].[Ir]. The Bertz CT molecular complexity index is 3280. The number of aromatic nitrogens is 2. The number of pyridine rings is 2.